The monoisotopic (exact) mass is 314 g/mol. The number of rotatable bonds is 5. The zero-order chi connectivity index (χ0) is 16.8. The van der Waals surface area contributed by atoms with E-state index in [1.807, 2.05) is 0 Å². The van der Waals surface area contributed by atoms with E-state index in [0.717, 1.165) is 5.56 Å². The molecule has 0 saturated heterocycles. The molecule has 2 N–H and O–H groups in total. The normalized spacial score (nSPS) is 10.7. The second kappa shape index (κ2) is 7.35. The number of nitrogens with one attached hydrogen (secondary N) is 2. The van der Waals surface area contributed by atoms with E-state index in [9.17, 15) is 9.59 Å². The van der Waals surface area contributed by atoms with Crippen LogP contribution in [0.1, 0.15) is 44.6 Å². The first-order valence-corrected chi connectivity index (χ1v) is 7.14. The molecule has 0 saturated carbocycles. The molecule has 0 aliphatic carbocycles. The Balaban J connectivity index is 2.10. The number of amides is 1. The van der Waals surface area contributed by atoms with Gasteiger partial charge in [0.2, 0.25) is 0 Å². The van der Waals surface area contributed by atoms with Gasteiger partial charge in [0.1, 0.15) is 0 Å². The molecule has 1 amide bonds. The maximum Gasteiger partial charge on any atom is 0.340 e. The van der Waals surface area contributed by atoms with Crippen LogP contribution in [-0.2, 0) is 4.74 Å². The van der Waals surface area contributed by atoms with Crippen LogP contribution >= 0.6 is 0 Å². The van der Waals surface area contributed by atoms with Crippen molar-refractivity contribution in [2.45, 2.75) is 20.8 Å². The lowest BCUT2D eigenvalue weighted by Crippen LogP contribution is -2.17. The summed E-state index contributed by atoms with van der Waals surface area (Å²) in [6, 6.07) is 3.18. The van der Waals surface area contributed by atoms with Crippen LogP contribution in [0.5, 0.6) is 0 Å². The first kappa shape index (κ1) is 16.4. The fraction of sp³-hybridized carbons (Fsp3) is 0.250. The van der Waals surface area contributed by atoms with Gasteiger partial charge in [0.05, 0.1) is 24.1 Å². The maximum absolute atomic E-state index is 11.9. The number of pyridine rings is 1. The van der Waals surface area contributed by atoms with Gasteiger partial charge in [-0.15, -0.1) is 0 Å². The third kappa shape index (κ3) is 3.82. The molecule has 2 heterocycles. The molecule has 0 bridgehead atoms. The Kier molecular flexibility index (Phi) is 5.24. The van der Waals surface area contributed by atoms with Crippen LogP contribution in [-0.4, -0.2) is 34.7 Å². The minimum atomic E-state index is -0.376. The van der Waals surface area contributed by atoms with Crippen molar-refractivity contribution < 1.29 is 14.3 Å². The van der Waals surface area contributed by atoms with Crippen LogP contribution < -0.4 is 5.43 Å². The molecule has 23 heavy (non-hydrogen) atoms. The fourth-order valence-electron chi connectivity index (χ4n) is 2.14. The van der Waals surface area contributed by atoms with Crippen molar-refractivity contribution in [3.8, 4) is 0 Å². The highest BCUT2D eigenvalue weighted by Crippen LogP contribution is 2.17. The molecule has 0 radical (unpaired) electrons. The lowest BCUT2D eigenvalue weighted by Gasteiger charge is -2.01. The highest BCUT2D eigenvalue weighted by atomic mass is 16.5. The molecule has 0 aromatic carbocycles. The van der Waals surface area contributed by atoms with Gasteiger partial charge < -0.3 is 9.72 Å². The van der Waals surface area contributed by atoms with Gasteiger partial charge in [-0.05, 0) is 38.5 Å². The zero-order valence-corrected chi connectivity index (χ0v) is 13.2. The Morgan fingerprint density at radius 1 is 1.35 bits per heavy atom. The van der Waals surface area contributed by atoms with E-state index in [4.69, 9.17) is 4.74 Å². The quantitative estimate of drug-likeness (QED) is 0.501. The van der Waals surface area contributed by atoms with Crippen LogP contribution in [0.25, 0.3) is 0 Å². The minimum absolute atomic E-state index is 0.314. The van der Waals surface area contributed by atoms with Crippen LogP contribution in [0.4, 0.5) is 0 Å². The summed E-state index contributed by atoms with van der Waals surface area (Å²) in [6.45, 7) is 5.65. The molecule has 2 aromatic heterocycles. The molecule has 0 atom stereocenters. The highest BCUT2D eigenvalue weighted by Gasteiger charge is 2.18. The molecule has 0 fully saturated rings. The van der Waals surface area contributed by atoms with Gasteiger partial charge in [-0.1, -0.05) is 0 Å². The average molecular weight is 314 g/mol. The van der Waals surface area contributed by atoms with Gasteiger partial charge in [-0.2, -0.15) is 5.10 Å². The predicted molar refractivity (Wildman–Crippen MR) is 85.5 cm³/mol. The van der Waals surface area contributed by atoms with Gasteiger partial charge in [0.25, 0.3) is 5.91 Å². The van der Waals surface area contributed by atoms with Crippen LogP contribution in [0.3, 0.4) is 0 Å². The number of aryl methyl sites for hydroxylation is 1. The second-order valence-electron chi connectivity index (χ2n) is 4.82. The van der Waals surface area contributed by atoms with Crippen molar-refractivity contribution in [2.75, 3.05) is 6.61 Å². The number of carbonyl (C=O) groups excluding carboxylic acids is 2. The summed E-state index contributed by atoms with van der Waals surface area (Å²) in [5.41, 5.74) is 5.44. The number of nitrogens with zero attached hydrogens (tertiary/aromatic N) is 2. The summed E-state index contributed by atoms with van der Waals surface area (Å²) in [7, 11) is 0. The fourth-order valence-corrected chi connectivity index (χ4v) is 2.14. The van der Waals surface area contributed by atoms with Crippen molar-refractivity contribution in [2.24, 2.45) is 5.10 Å². The molecule has 0 aliphatic heterocycles. The second-order valence-corrected chi connectivity index (χ2v) is 4.82. The largest absolute Gasteiger partial charge is 0.462 e. The molecular weight excluding hydrogens is 296 g/mol. The zero-order valence-electron chi connectivity index (χ0n) is 13.2. The summed E-state index contributed by atoms with van der Waals surface area (Å²) in [5.74, 6) is -0.714. The lowest BCUT2D eigenvalue weighted by molar-refractivity contribution is 0.0525. The van der Waals surface area contributed by atoms with Crippen molar-refractivity contribution in [1.82, 2.24) is 15.4 Å². The first-order valence-electron chi connectivity index (χ1n) is 7.14. The summed E-state index contributed by atoms with van der Waals surface area (Å²) < 4.78 is 5.02. The number of esters is 1. The van der Waals surface area contributed by atoms with Crippen LogP contribution in [0.2, 0.25) is 0 Å². The lowest BCUT2D eigenvalue weighted by atomic mass is 10.1. The number of hydrazone groups is 1. The van der Waals surface area contributed by atoms with Gasteiger partial charge in [0.15, 0.2) is 0 Å². The van der Waals surface area contributed by atoms with Gasteiger partial charge in [-0.3, -0.25) is 9.78 Å². The van der Waals surface area contributed by atoms with Crippen molar-refractivity contribution >= 4 is 18.1 Å². The number of aromatic nitrogens is 2. The number of hydrogen-bond acceptors (Lipinski definition) is 5. The van der Waals surface area contributed by atoms with E-state index >= 15 is 0 Å². The van der Waals surface area contributed by atoms with E-state index in [-0.39, 0.29) is 11.9 Å². The van der Waals surface area contributed by atoms with Gasteiger partial charge in [-0.25, -0.2) is 10.2 Å². The summed E-state index contributed by atoms with van der Waals surface area (Å²) >= 11 is 0. The highest BCUT2D eigenvalue weighted by molar-refractivity contribution is 5.97. The molecular formula is C16H18N4O3. The third-order valence-corrected chi connectivity index (χ3v) is 3.26. The minimum Gasteiger partial charge on any atom is -0.462 e. The van der Waals surface area contributed by atoms with E-state index in [0.29, 0.717) is 29.1 Å². The Hall–Kier alpha value is -2.96. The summed E-state index contributed by atoms with van der Waals surface area (Å²) in [4.78, 5) is 30.7. The molecule has 7 nitrogen and oxygen atoms in total. The van der Waals surface area contributed by atoms with Crippen molar-refractivity contribution in [3.63, 3.8) is 0 Å². The number of carbonyl (C=O) groups is 2. The number of aromatic amines is 1. The molecule has 0 aliphatic rings. The van der Waals surface area contributed by atoms with E-state index in [1.54, 1.807) is 32.9 Å². The van der Waals surface area contributed by atoms with Crippen LogP contribution in [0, 0.1) is 13.8 Å². The standard InChI is InChI=1S/C16H18N4O3/c1-4-23-16(22)14-10(2)13(19-11(14)3)9-18-20-15(21)12-5-7-17-8-6-12/h5-9,19H,4H2,1-3H3,(H,20,21)/b18-9+. The van der Waals surface area contributed by atoms with Gasteiger partial charge in [0, 0.05) is 23.7 Å². The maximum atomic E-state index is 11.9. The molecule has 2 aromatic rings. The number of ether oxygens (including phenoxy) is 1. The summed E-state index contributed by atoms with van der Waals surface area (Å²) in [5, 5.41) is 3.91. The molecule has 2 rings (SSSR count). The van der Waals surface area contributed by atoms with E-state index in [2.05, 4.69) is 20.5 Å². The van der Waals surface area contributed by atoms with Gasteiger partial charge >= 0.3 is 5.97 Å². The van der Waals surface area contributed by atoms with E-state index in [1.165, 1.54) is 18.6 Å². The Morgan fingerprint density at radius 3 is 2.70 bits per heavy atom. The van der Waals surface area contributed by atoms with Crippen molar-refractivity contribution in [3.05, 3.63) is 52.6 Å². The number of hydrogen-bond donors (Lipinski definition) is 2. The van der Waals surface area contributed by atoms with Crippen LogP contribution in [0.15, 0.2) is 29.6 Å². The Morgan fingerprint density at radius 2 is 2.04 bits per heavy atom. The molecule has 0 spiro atoms. The first-order chi connectivity index (χ1) is 11.0. The number of H-pyrrole nitrogens is 1. The smallest absolute Gasteiger partial charge is 0.340 e. The molecule has 7 heteroatoms. The topological polar surface area (TPSA) is 96.4 Å². The SMILES string of the molecule is CCOC(=O)c1c(C)[nH]c(/C=N/NC(=O)c2ccncc2)c1C. The van der Waals surface area contributed by atoms with Crippen molar-refractivity contribution in [1.29, 1.82) is 0 Å². The molecule has 0 unspecified atom stereocenters. The third-order valence-electron chi connectivity index (χ3n) is 3.26. The predicted octanol–water partition coefficient (Wildman–Crippen LogP) is 1.97. The molecule has 120 valence electrons. The average Bonchev–Trinajstić information content (AvgIpc) is 2.82. The summed E-state index contributed by atoms with van der Waals surface area (Å²) in [6.07, 6.45) is 4.52. The Bertz CT molecular complexity index is 735. The Labute approximate surface area is 133 Å². The van der Waals surface area contributed by atoms with E-state index < -0.39 is 0 Å².